The van der Waals surface area contributed by atoms with Crippen LogP contribution in [0.5, 0.6) is 0 Å². The summed E-state index contributed by atoms with van der Waals surface area (Å²) in [5.41, 5.74) is 2.14. The molecule has 1 N–H and O–H groups in total. The van der Waals surface area contributed by atoms with E-state index in [9.17, 15) is 4.79 Å². The van der Waals surface area contributed by atoms with E-state index in [1.165, 1.54) is 6.42 Å². The van der Waals surface area contributed by atoms with Crippen molar-refractivity contribution in [1.82, 2.24) is 19.8 Å². The standard InChI is InChI=1S/C17H21BrN4O2/c18-13-7-12-8-15-10-21(4-5-22(15)17(12)20-9-13)16(23)2-6-24-11-14-1-3-19-14/h7-9,14,19H,1-6,10-11H2. The van der Waals surface area contributed by atoms with Gasteiger partial charge in [-0.05, 0) is 41.0 Å². The first-order valence-electron chi connectivity index (χ1n) is 8.43. The van der Waals surface area contributed by atoms with E-state index in [1.807, 2.05) is 11.1 Å². The predicted molar refractivity (Wildman–Crippen MR) is 94.7 cm³/mol. The molecule has 6 nitrogen and oxygen atoms in total. The van der Waals surface area contributed by atoms with Crippen molar-refractivity contribution >= 4 is 32.9 Å². The Labute approximate surface area is 149 Å². The number of pyridine rings is 1. The van der Waals surface area contributed by atoms with Gasteiger partial charge in [-0.1, -0.05) is 0 Å². The van der Waals surface area contributed by atoms with Crippen LogP contribution in [-0.2, 0) is 22.6 Å². The molecule has 2 aromatic rings. The zero-order valence-corrected chi connectivity index (χ0v) is 15.1. The number of hydrogen-bond donors (Lipinski definition) is 1. The smallest absolute Gasteiger partial charge is 0.225 e. The molecule has 24 heavy (non-hydrogen) atoms. The summed E-state index contributed by atoms with van der Waals surface area (Å²) in [4.78, 5) is 18.8. The Kier molecular flexibility index (Phi) is 4.56. The highest BCUT2D eigenvalue weighted by Crippen LogP contribution is 2.25. The van der Waals surface area contributed by atoms with E-state index < -0.39 is 0 Å². The van der Waals surface area contributed by atoms with Crippen LogP contribution in [0.4, 0.5) is 0 Å². The molecule has 2 aromatic heterocycles. The van der Waals surface area contributed by atoms with Crippen molar-refractivity contribution in [1.29, 1.82) is 0 Å². The first-order valence-corrected chi connectivity index (χ1v) is 9.22. The highest BCUT2D eigenvalue weighted by molar-refractivity contribution is 9.10. The Morgan fingerprint density at radius 1 is 1.42 bits per heavy atom. The largest absolute Gasteiger partial charge is 0.379 e. The Bertz CT molecular complexity index is 756. The fourth-order valence-electron chi connectivity index (χ4n) is 3.30. The molecule has 0 saturated carbocycles. The lowest BCUT2D eigenvalue weighted by molar-refractivity contribution is -0.133. The second-order valence-corrected chi connectivity index (χ2v) is 7.35. The third-order valence-corrected chi connectivity index (χ3v) is 5.22. The van der Waals surface area contributed by atoms with Crippen molar-refractivity contribution in [3.8, 4) is 0 Å². The molecular formula is C17H21BrN4O2. The maximum absolute atomic E-state index is 12.4. The molecule has 2 aliphatic rings. The second-order valence-electron chi connectivity index (χ2n) is 6.43. The molecule has 0 bridgehead atoms. The molecule has 1 amide bonds. The molecule has 4 rings (SSSR count). The molecule has 0 aromatic carbocycles. The maximum Gasteiger partial charge on any atom is 0.225 e. The van der Waals surface area contributed by atoms with Crippen molar-refractivity contribution < 1.29 is 9.53 Å². The first kappa shape index (κ1) is 16.1. The summed E-state index contributed by atoms with van der Waals surface area (Å²) < 4.78 is 8.79. The monoisotopic (exact) mass is 392 g/mol. The lowest BCUT2D eigenvalue weighted by Gasteiger charge is -2.29. The van der Waals surface area contributed by atoms with Crippen molar-refractivity contribution in [3.05, 3.63) is 28.5 Å². The number of aromatic nitrogens is 2. The van der Waals surface area contributed by atoms with Crippen LogP contribution in [0.1, 0.15) is 18.5 Å². The third-order valence-electron chi connectivity index (χ3n) is 4.79. The maximum atomic E-state index is 12.4. The lowest BCUT2D eigenvalue weighted by Crippen LogP contribution is -2.46. The number of nitrogens with one attached hydrogen (secondary N) is 1. The van der Waals surface area contributed by atoms with Gasteiger partial charge < -0.3 is 19.5 Å². The molecule has 4 heterocycles. The van der Waals surface area contributed by atoms with E-state index in [1.54, 1.807) is 0 Å². The molecule has 1 fully saturated rings. The minimum atomic E-state index is 0.169. The number of halogens is 1. The van der Waals surface area contributed by atoms with E-state index in [4.69, 9.17) is 4.74 Å². The second kappa shape index (κ2) is 6.82. The van der Waals surface area contributed by atoms with Gasteiger partial charge in [-0.2, -0.15) is 0 Å². The van der Waals surface area contributed by atoms with Gasteiger partial charge >= 0.3 is 0 Å². The molecular weight excluding hydrogens is 372 g/mol. The summed E-state index contributed by atoms with van der Waals surface area (Å²) in [6, 6.07) is 4.69. The number of hydrogen-bond acceptors (Lipinski definition) is 4. The van der Waals surface area contributed by atoms with Gasteiger partial charge in [-0.25, -0.2) is 4.98 Å². The fraction of sp³-hybridized carbons (Fsp3) is 0.529. The minimum absolute atomic E-state index is 0.169. The van der Waals surface area contributed by atoms with Crippen molar-refractivity contribution in [2.24, 2.45) is 0 Å². The van der Waals surface area contributed by atoms with E-state index in [-0.39, 0.29) is 5.91 Å². The molecule has 0 aliphatic carbocycles. The van der Waals surface area contributed by atoms with Gasteiger partial charge in [0.25, 0.3) is 0 Å². The number of nitrogens with zero attached hydrogens (tertiary/aromatic N) is 3. The van der Waals surface area contributed by atoms with Gasteiger partial charge in [0.05, 0.1) is 26.2 Å². The quantitative estimate of drug-likeness (QED) is 0.789. The van der Waals surface area contributed by atoms with Gasteiger partial charge in [0.1, 0.15) is 5.65 Å². The van der Waals surface area contributed by atoms with Crippen LogP contribution in [0, 0.1) is 0 Å². The number of amides is 1. The summed E-state index contributed by atoms with van der Waals surface area (Å²) in [6.45, 7) is 4.48. The third kappa shape index (κ3) is 3.20. The van der Waals surface area contributed by atoms with Crippen LogP contribution in [0.25, 0.3) is 11.0 Å². The number of carbonyl (C=O) groups is 1. The average molecular weight is 393 g/mol. The van der Waals surface area contributed by atoms with Gasteiger partial charge in [-0.15, -0.1) is 0 Å². The van der Waals surface area contributed by atoms with Crippen LogP contribution in [0.3, 0.4) is 0 Å². The topological polar surface area (TPSA) is 59.4 Å². The van der Waals surface area contributed by atoms with Gasteiger partial charge in [0.15, 0.2) is 0 Å². The highest BCUT2D eigenvalue weighted by atomic mass is 79.9. The van der Waals surface area contributed by atoms with E-state index in [0.29, 0.717) is 32.2 Å². The minimum Gasteiger partial charge on any atom is -0.379 e. The summed E-state index contributed by atoms with van der Waals surface area (Å²) >= 11 is 3.46. The van der Waals surface area contributed by atoms with Crippen LogP contribution in [-0.4, -0.2) is 52.7 Å². The number of fused-ring (bicyclic) bond motifs is 3. The predicted octanol–water partition coefficient (Wildman–Crippen LogP) is 1.91. The highest BCUT2D eigenvalue weighted by Gasteiger charge is 2.23. The Hall–Kier alpha value is -1.44. The number of carbonyl (C=O) groups excluding carboxylic acids is 1. The molecule has 0 spiro atoms. The first-order chi connectivity index (χ1) is 11.7. The molecule has 0 radical (unpaired) electrons. The van der Waals surface area contributed by atoms with E-state index in [2.05, 4.69) is 42.9 Å². The van der Waals surface area contributed by atoms with E-state index >= 15 is 0 Å². The van der Waals surface area contributed by atoms with Crippen LogP contribution < -0.4 is 5.32 Å². The molecule has 2 aliphatic heterocycles. The molecule has 1 unspecified atom stereocenters. The number of ether oxygens (including phenoxy) is 1. The normalized spacial score (nSPS) is 20.0. The summed E-state index contributed by atoms with van der Waals surface area (Å²) in [5, 5.41) is 4.41. The average Bonchev–Trinajstić information content (AvgIpc) is 2.89. The zero-order valence-electron chi connectivity index (χ0n) is 13.5. The summed E-state index contributed by atoms with van der Waals surface area (Å²) in [5.74, 6) is 0.169. The van der Waals surface area contributed by atoms with Gasteiger partial charge in [0, 0.05) is 40.9 Å². The number of rotatable bonds is 5. The summed E-state index contributed by atoms with van der Waals surface area (Å²) in [7, 11) is 0. The van der Waals surface area contributed by atoms with Crippen molar-refractivity contribution in [2.45, 2.75) is 32.0 Å². The summed E-state index contributed by atoms with van der Waals surface area (Å²) in [6.07, 6.45) is 3.45. The SMILES string of the molecule is O=C(CCOCC1CCN1)N1CCn2c(cc3cc(Br)cnc32)C1. The zero-order chi connectivity index (χ0) is 16.5. The molecule has 1 saturated heterocycles. The van der Waals surface area contributed by atoms with Crippen LogP contribution >= 0.6 is 15.9 Å². The lowest BCUT2D eigenvalue weighted by atomic mass is 10.1. The Morgan fingerprint density at radius 2 is 2.29 bits per heavy atom. The fourth-order valence-corrected chi connectivity index (χ4v) is 3.64. The van der Waals surface area contributed by atoms with Crippen molar-refractivity contribution in [2.75, 3.05) is 26.3 Å². The van der Waals surface area contributed by atoms with Gasteiger partial charge in [0.2, 0.25) is 5.91 Å². The Morgan fingerprint density at radius 3 is 3.08 bits per heavy atom. The van der Waals surface area contributed by atoms with Crippen molar-refractivity contribution in [3.63, 3.8) is 0 Å². The van der Waals surface area contributed by atoms with E-state index in [0.717, 1.165) is 40.8 Å². The van der Waals surface area contributed by atoms with Crippen LogP contribution in [0.15, 0.2) is 22.8 Å². The van der Waals surface area contributed by atoms with Gasteiger partial charge in [-0.3, -0.25) is 4.79 Å². The molecule has 128 valence electrons. The molecule has 7 heteroatoms. The van der Waals surface area contributed by atoms with Crippen LogP contribution in [0.2, 0.25) is 0 Å². The molecule has 1 atom stereocenters. The Balaban J connectivity index is 1.35.